The van der Waals surface area contributed by atoms with Gasteiger partial charge in [0.1, 0.15) is 58.3 Å². The van der Waals surface area contributed by atoms with Crippen LogP contribution in [-0.4, -0.2) is 288 Å². The summed E-state index contributed by atoms with van der Waals surface area (Å²) in [6.07, 6.45) is 0.558. The number of hydrogen-bond acceptors (Lipinski definition) is 18. The third kappa shape index (κ3) is 37.6. The smallest absolute Gasteiger partial charge is 0.410 e. The standard InChI is InChI=1S/C87H134N10O16/c1-82(2,3)108-76(100)92-47-27-49-96(80(104)112-86(13,14)15)59-57-94(78(102)110-84(7,8)9)45-25-43-88(53-55-92)66-74(98)90(51-41-68-29-21-19-22-30-68)61-63-106-72-37-33-70(34-38-72)65-71-35-39-73(40-36-71)107-64-62-91(52-42-69-31-23-20-24-32-69)75(99)67-89-44-26-46-95(79(103)111-85(10,11)12)58-60-97(81(105)113-87(16,17)18)50-28-48-93(56-54-89)77(101)109-83(4,5)6/h19-24,29-40H,25-28,41-67H2,1-18H3. The first-order valence-corrected chi connectivity index (χ1v) is 40.4. The van der Waals surface area contributed by atoms with Crippen molar-refractivity contribution in [3.63, 3.8) is 0 Å². The summed E-state index contributed by atoms with van der Waals surface area (Å²) in [5, 5.41) is 0. The molecular weight excluding hydrogens is 1440 g/mol. The average molecular weight is 1580 g/mol. The maximum Gasteiger partial charge on any atom is 0.410 e. The Hall–Kier alpha value is -9.04. The van der Waals surface area contributed by atoms with Gasteiger partial charge in [0.05, 0.1) is 26.2 Å². The van der Waals surface area contributed by atoms with Gasteiger partial charge in [-0.15, -0.1) is 0 Å². The van der Waals surface area contributed by atoms with Gasteiger partial charge in [0.2, 0.25) is 11.8 Å². The molecule has 2 aliphatic heterocycles. The fourth-order valence-corrected chi connectivity index (χ4v) is 12.5. The molecule has 0 aromatic heterocycles. The van der Waals surface area contributed by atoms with E-state index in [4.69, 9.17) is 37.9 Å². The van der Waals surface area contributed by atoms with E-state index >= 15 is 0 Å². The first-order chi connectivity index (χ1) is 53.0. The lowest BCUT2D eigenvalue weighted by Gasteiger charge is -2.34. The summed E-state index contributed by atoms with van der Waals surface area (Å²) in [7, 11) is 0. The van der Waals surface area contributed by atoms with Crippen LogP contribution in [-0.2, 0) is 57.3 Å². The first-order valence-electron chi connectivity index (χ1n) is 40.4. The molecule has 4 aromatic carbocycles. The summed E-state index contributed by atoms with van der Waals surface area (Å²) < 4.78 is 47.8. The molecule has 113 heavy (non-hydrogen) atoms. The summed E-state index contributed by atoms with van der Waals surface area (Å²) >= 11 is 0. The van der Waals surface area contributed by atoms with Crippen molar-refractivity contribution in [1.82, 2.24) is 49.0 Å². The Morgan fingerprint density at radius 3 is 0.770 bits per heavy atom. The molecule has 8 amide bonds. The van der Waals surface area contributed by atoms with Crippen LogP contribution in [0.25, 0.3) is 0 Å². The lowest BCUT2D eigenvalue weighted by atomic mass is 10.0. The Labute approximate surface area is 673 Å². The Morgan fingerprint density at radius 2 is 0.522 bits per heavy atom. The molecule has 0 saturated carbocycles. The molecule has 0 unspecified atom stereocenters. The van der Waals surface area contributed by atoms with Gasteiger partial charge in [0.15, 0.2) is 0 Å². The molecule has 0 N–H and O–H groups in total. The highest BCUT2D eigenvalue weighted by molar-refractivity contribution is 5.79. The minimum Gasteiger partial charge on any atom is -0.492 e. The number of rotatable bonds is 20. The second-order valence-corrected chi connectivity index (χ2v) is 35.2. The Bertz CT molecular complexity index is 3350. The fraction of sp³-hybridized carbons (Fsp3) is 0.632. The van der Waals surface area contributed by atoms with Crippen LogP contribution >= 0.6 is 0 Å². The van der Waals surface area contributed by atoms with Gasteiger partial charge in [0, 0.05) is 118 Å². The van der Waals surface area contributed by atoms with Gasteiger partial charge in [-0.1, -0.05) is 84.9 Å². The molecule has 0 bridgehead atoms. The SMILES string of the molecule is CC(C)(C)OC(=O)N1CCCN(C(=O)OC(C)(C)C)CCN(C(=O)OC(C)(C)C)CCCN(CC(=O)N(CCOc2ccc(Cc3ccc(OCCN(CCc4ccccc4)C(=O)CN4CCCN(C(=O)OC(C)(C)C)CCN(C(=O)OC(C)(C)C)CCCN(C(=O)OC(C)(C)C)CC4)cc3)cc2)CCc2ccccc2)CC1. The summed E-state index contributed by atoms with van der Waals surface area (Å²) in [5.41, 5.74) is -0.285. The van der Waals surface area contributed by atoms with Crippen molar-refractivity contribution in [2.45, 2.75) is 203 Å². The summed E-state index contributed by atoms with van der Waals surface area (Å²) in [5.74, 6) is 1.08. The van der Waals surface area contributed by atoms with E-state index in [0.717, 1.165) is 22.3 Å². The molecule has 0 spiro atoms. The highest BCUT2D eigenvalue weighted by Gasteiger charge is 2.33. The predicted octanol–water partition coefficient (Wildman–Crippen LogP) is 13.8. The van der Waals surface area contributed by atoms with Crippen LogP contribution in [0.5, 0.6) is 11.5 Å². The van der Waals surface area contributed by atoms with Crippen molar-refractivity contribution in [2.75, 3.05) is 157 Å². The van der Waals surface area contributed by atoms with Crippen LogP contribution in [0, 0.1) is 0 Å². The van der Waals surface area contributed by atoms with Crippen molar-refractivity contribution < 1.29 is 76.3 Å². The minimum atomic E-state index is -0.766. The van der Waals surface area contributed by atoms with E-state index in [9.17, 15) is 38.4 Å². The summed E-state index contributed by atoms with van der Waals surface area (Å²) in [4.78, 5) is 129. The third-order valence-electron chi connectivity index (χ3n) is 18.0. The van der Waals surface area contributed by atoms with Gasteiger partial charge in [-0.2, -0.15) is 0 Å². The number of ether oxygens (including phenoxy) is 8. The van der Waals surface area contributed by atoms with Gasteiger partial charge in [0.25, 0.3) is 0 Å². The van der Waals surface area contributed by atoms with Crippen LogP contribution in [0.1, 0.15) is 173 Å². The lowest BCUT2D eigenvalue weighted by Crippen LogP contribution is -2.49. The van der Waals surface area contributed by atoms with E-state index in [0.29, 0.717) is 109 Å². The molecule has 2 aliphatic rings. The average Bonchev–Trinajstić information content (AvgIpc) is 0.860. The van der Waals surface area contributed by atoms with E-state index in [1.54, 1.807) is 70.9 Å². The maximum absolute atomic E-state index is 14.8. The first kappa shape index (κ1) is 92.8. The molecule has 6 rings (SSSR count). The quantitative estimate of drug-likeness (QED) is 0.0747. The van der Waals surface area contributed by atoms with E-state index < -0.39 is 70.2 Å². The van der Waals surface area contributed by atoms with Gasteiger partial charge >= 0.3 is 36.6 Å². The molecule has 26 nitrogen and oxygen atoms in total. The minimum absolute atomic E-state index is 0.0404. The van der Waals surface area contributed by atoms with Crippen LogP contribution in [0.15, 0.2) is 109 Å². The molecule has 628 valence electrons. The predicted molar refractivity (Wildman–Crippen MR) is 438 cm³/mol. The van der Waals surface area contributed by atoms with E-state index in [1.807, 2.05) is 212 Å². The zero-order valence-corrected chi connectivity index (χ0v) is 71.3. The van der Waals surface area contributed by atoms with Crippen molar-refractivity contribution in [1.29, 1.82) is 0 Å². The van der Waals surface area contributed by atoms with Crippen molar-refractivity contribution >= 4 is 48.4 Å². The highest BCUT2D eigenvalue weighted by atomic mass is 16.6. The third-order valence-corrected chi connectivity index (χ3v) is 18.0. The Kier molecular flexibility index (Phi) is 36.1. The molecule has 26 heteroatoms. The number of hydrogen-bond donors (Lipinski definition) is 0. The number of benzene rings is 4. The Balaban J connectivity index is 1.11. The number of carbonyl (C=O) groups is 8. The topological polar surface area (TPSA) is 243 Å². The van der Waals surface area contributed by atoms with Crippen LogP contribution in [0.4, 0.5) is 28.8 Å². The molecule has 2 saturated heterocycles. The normalized spacial score (nSPS) is 15.8. The zero-order chi connectivity index (χ0) is 83.2. The van der Waals surface area contributed by atoms with Gasteiger partial charge in [-0.05, 0) is 216 Å². The molecule has 0 aliphatic carbocycles. The highest BCUT2D eigenvalue weighted by Crippen LogP contribution is 2.23. The Morgan fingerprint density at radius 1 is 0.283 bits per heavy atom. The lowest BCUT2D eigenvalue weighted by molar-refractivity contribution is -0.133. The van der Waals surface area contributed by atoms with E-state index in [-0.39, 0.29) is 117 Å². The van der Waals surface area contributed by atoms with Crippen LogP contribution in [0.2, 0.25) is 0 Å². The van der Waals surface area contributed by atoms with Crippen LogP contribution < -0.4 is 9.47 Å². The summed E-state index contributed by atoms with van der Waals surface area (Å²) in [6.45, 7) is 38.8. The molecule has 0 atom stereocenters. The molecule has 4 aromatic rings. The van der Waals surface area contributed by atoms with E-state index in [1.165, 1.54) is 0 Å². The monoisotopic (exact) mass is 1570 g/mol. The largest absolute Gasteiger partial charge is 0.492 e. The number of carbonyl (C=O) groups excluding carboxylic acids is 8. The molecule has 2 fully saturated rings. The van der Waals surface area contributed by atoms with Crippen molar-refractivity contribution in [3.05, 3.63) is 131 Å². The maximum atomic E-state index is 14.8. The number of nitrogens with zero attached hydrogens (tertiary/aromatic N) is 10. The summed E-state index contributed by atoms with van der Waals surface area (Å²) in [6, 6.07) is 35.9. The van der Waals surface area contributed by atoms with Gasteiger partial charge in [-0.25, -0.2) is 28.8 Å². The van der Waals surface area contributed by atoms with Gasteiger partial charge in [-0.3, -0.25) is 19.4 Å². The van der Waals surface area contributed by atoms with Crippen LogP contribution in [0.3, 0.4) is 0 Å². The van der Waals surface area contributed by atoms with Crippen molar-refractivity contribution in [3.8, 4) is 11.5 Å². The zero-order valence-electron chi connectivity index (χ0n) is 71.3. The second kappa shape index (κ2) is 44.0. The fourth-order valence-electron chi connectivity index (χ4n) is 12.5. The second-order valence-electron chi connectivity index (χ2n) is 35.2. The molecule has 2 heterocycles. The van der Waals surface area contributed by atoms with Gasteiger partial charge < -0.3 is 77.1 Å². The molecular formula is C87H134N10O16. The molecule has 0 radical (unpaired) electrons. The number of amides is 8. The van der Waals surface area contributed by atoms with E-state index in [2.05, 4.69) is 0 Å². The van der Waals surface area contributed by atoms with Crippen molar-refractivity contribution in [2.24, 2.45) is 0 Å².